The van der Waals surface area contributed by atoms with Gasteiger partial charge < -0.3 is 13.9 Å². The van der Waals surface area contributed by atoms with Crippen molar-refractivity contribution in [2.45, 2.75) is 19.3 Å². The lowest BCUT2D eigenvalue weighted by molar-refractivity contribution is 0.660. The molecule has 2 aromatic heterocycles. The molecule has 10 aromatic carbocycles. The second-order valence-electron chi connectivity index (χ2n) is 18.1. The summed E-state index contributed by atoms with van der Waals surface area (Å²) >= 11 is 0. The Morgan fingerprint density at radius 2 is 0.864 bits per heavy atom. The van der Waals surface area contributed by atoms with Crippen molar-refractivity contribution in [3.8, 4) is 50.2 Å². The Labute approximate surface area is 384 Å². The minimum Gasteiger partial charge on any atom is -0.455 e. The Morgan fingerprint density at radius 1 is 0.379 bits per heavy atom. The number of benzene rings is 10. The van der Waals surface area contributed by atoms with Crippen LogP contribution in [0.2, 0.25) is 0 Å². The van der Waals surface area contributed by atoms with E-state index in [4.69, 9.17) is 4.42 Å². The zero-order valence-electron chi connectivity index (χ0n) is 36.7. The fourth-order valence-electron chi connectivity index (χ4n) is 10.9. The van der Waals surface area contributed by atoms with Crippen LogP contribution in [0.5, 0.6) is 0 Å². The molecule has 0 N–H and O–H groups in total. The maximum absolute atomic E-state index is 6.85. The molecular weight excluding hydrogens is 801 g/mol. The lowest BCUT2D eigenvalue weighted by atomic mass is 9.82. The minimum absolute atomic E-state index is 0.131. The number of furan rings is 1. The van der Waals surface area contributed by atoms with Crippen LogP contribution in [0, 0.1) is 0 Å². The summed E-state index contributed by atoms with van der Waals surface area (Å²) < 4.78 is 9.23. The molecule has 2 heterocycles. The van der Waals surface area contributed by atoms with Crippen molar-refractivity contribution in [3.63, 3.8) is 0 Å². The molecule has 13 rings (SSSR count). The van der Waals surface area contributed by atoms with Gasteiger partial charge in [-0.05, 0) is 93.5 Å². The fourth-order valence-corrected chi connectivity index (χ4v) is 10.9. The van der Waals surface area contributed by atoms with Gasteiger partial charge in [-0.1, -0.05) is 190 Å². The number of anilines is 3. The number of para-hydroxylation sites is 4. The van der Waals surface area contributed by atoms with E-state index in [-0.39, 0.29) is 5.41 Å². The zero-order chi connectivity index (χ0) is 43.9. The summed E-state index contributed by atoms with van der Waals surface area (Å²) in [5, 5.41) is 4.77. The number of aromatic nitrogens is 1. The lowest BCUT2D eigenvalue weighted by Gasteiger charge is -2.29. The third-order valence-electron chi connectivity index (χ3n) is 14.0. The normalized spacial score (nSPS) is 12.8. The predicted molar refractivity (Wildman–Crippen MR) is 277 cm³/mol. The number of rotatable bonds is 7. The molecule has 0 saturated heterocycles. The van der Waals surface area contributed by atoms with Crippen LogP contribution in [0.25, 0.3) is 93.9 Å². The van der Waals surface area contributed by atoms with Crippen molar-refractivity contribution in [2.24, 2.45) is 0 Å². The van der Waals surface area contributed by atoms with E-state index in [0.29, 0.717) is 0 Å². The Kier molecular flexibility index (Phi) is 8.56. The van der Waals surface area contributed by atoms with Gasteiger partial charge in [0.05, 0.1) is 16.7 Å². The minimum atomic E-state index is -0.131. The van der Waals surface area contributed by atoms with E-state index in [1.54, 1.807) is 0 Å². The van der Waals surface area contributed by atoms with Gasteiger partial charge in [0.1, 0.15) is 11.2 Å². The number of hydrogen-bond acceptors (Lipinski definition) is 2. The molecule has 12 aromatic rings. The van der Waals surface area contributed by atoms with E-state index < -0.39 is 0 Å². The topological polar surface area (TPSA) is 21.3 Å². The summed E-state index contributed by atoms with van der Waals surface area (Å²) in [5.41, 5.74) is 20.6. The van der Waals surface area contributed by atoms with Crippen LogP contribution in [-0.4, -0.2) is 4.57 Å². The van der Waals surface area contributed by atoms with E-state index in [0.717, 1.165) is 72.5 Å². The van der Waals surface area contributed by atoms with Gasteiger partial charge in [-0.15, -0.1) is 0 Å². The number of hydrogen-bond donors (Lipinski definition) is 0. The zero-order valence-corrected chi connectivity index (χ0v) is 36.7. The number of fused-ring (bicyclic) bond motifs is 9. The fraction of sp³-hybridized carbons (Fsp3) is 0.0476. The smallest absolute Gasteiger partial charge is 0.143 e. The summed E-state index contributed by atoms with van der Waals surface area (Å²) in [6.45, 7) is 4.70. The van der Waals surface area contributed by atoms with Crippen LogP contribution < -0.4 is 4.90 Å². The van der Waals surface area contributed by atoms with Gasteiger partial charge >= 0.3 is 0 Å². The van der Waals surface area contributed by atoms with E-state index in [1.165, 1.54) is 49.6 Å². The SMILES string of the molecule is CC1(C)c2ccccc2-c2c(N(c3ccc(-c4cccc(-n5c6ccccc6c6ccccc65)c4)cc3)c3ccc(-c4cccc5c4oc4c(-c6ccccc6)cccc45)cc3)cccc21. The highest BCUT2D eigenvalue weighted by atomic mass is 16.3. The Bertz CT molecular complexity index is 3780. The second kappa shape index (κ2) is 14.8. The second-order valence-corrected chi connectivity index (χ2v) is 18.1. The van der Waals surface area contributed by atoms with E-state index in [9.17, 15) is 0 Å². The molecule has 3 nitrogen and oxygen atoms in total. The summed E-state index contributed by atoms with van der Waals surface area (Å²) in [6, 6.07) is 83.7. The molecule has 1 aliphatic carbocycles. The van der Waals surface area contributed by atoms with Crippen molar-refractivity contribution < 1.29 is 4.42 Å². The molecule has 0 amide bonds. The molecule has 312 valence electrons. The molecular formula is C63H44N2O. The summed E-state index contributed by atoms with van der Waals surface area (Å²) in [7, 11) is 0. The average Bonchev–Trinajstić information content (AvgIpc) is 4.01. The number of nitrogens with zero attached hydrogens (tertiary/aromatic N) is 2. The Balaban J connectivity index is 0.927. The molecule has 0 saturated carbocycles. The molecule has 0 spiro atoms. The molecule has 1 aliphatic rings. The first-order chi connectivity index (χ1) is 32.5. The maximum atomic E-state index is 6.85. The molecule has 3 heteroatoms. The quantitative estimate of drug-likeness (QED) is 0.159. The van der Waals surface area contributed by atoms with Crippen molar-refractivity contribution in [3.05, 3.63) is 242 Å². The van der Waals surface area contributed by atoms with Gasteiger partial charge in [0.25, 0.3) is 0 Å². The van der Waals surface area contributed by atoms with Crippen molar-refractivity contribution in [2.75, 3.05) is 4.90 Å². The van der Waals surface area contributed by atoms with Crippen LogP contribution in [0.15, 0.2) is 235 Å². The molecule has 0 atom stereocenters. The van der Waals surface area contributed by atoms with Crippen molar-refractivity contribution in [1.82, 2.24) is 4.57 Å². The largest absolute Gasteiger partial charge is 0.455 e. The van der Waals surface area contributed by atoms with Gasteiger partial charge in [-0.2, -0.15) is 0 Å². The first-order valence-corrected chi connectivity index (χ1v) is 22.8. The average molecular weight is 845 g/mol. The molecule has 0 bridgehead atoms. The van der Waals surface area contributed by atoms with E-state index in [2.05, 4.69) is 254 Å². The van der Waals surface area contributed by atoms with Gasteiger partial charge in [0.15, 0.2) is 0 Å². The van der Waals surface area contributed by atoms with E-state index >= 15 is 0 Å². The Hall–Kier alpha value is -8.40. The third kappa shape index (κ3) is 5.83. The van der Waals surface area contributed by atoms with Crippen molar-refractivity contribution in [1.29, 1.82) is 0 Å². The molecule has 66 heavy (non-hydrogen) atoms. The van der Waals surface area contributed by atoms with Crippen LogP contribution in [0.4, 0.5) is 17.1 Å². The highest BCUT2D eigenvalue weighted by molar-refractivity contribution is 6.13. The van der Waals surface area contributed by atoms with Crippen LogP contribution in [-0.2, 0) is 5.41 Å². The molecule has 0 radical (unpaired) electrons. The monoisotopic (exact) mass is 844 g/mol. The third-order valence-corrected chi connectivity index (χ3v) is 14.0. The predicted octanol–water partition coefficient (Wildman–Crippen LogP) is 17.5. The maximum Gasteiger partial charge on any atom is 0.143 e. The van der Waals surface area contributed by atoms with Gasteiger partial charge in [-0.25, -0.2) is 0 Å². The van der Waals surface area contributed by atoms with E-state index in [1.807, 2.05) is 0 Å². The standard InChI is InChI=1S/C63H44N2O/c1-63(2)55-27-9-6-22-54(55)60-56(63)28-15-31-59(60)64(45-36-32-41(33-37-45)44-18-12-19-47(40-44)65-57-29-10-7-20-50(57)51-21-8-11-30-58(51)65)46-38-34-43(35-39-46)49-24-14-26-53-52-25-13-23-48(61(52)66-62(49)53)42-16-4-3-5-17-42/h3-40H,1-2H3. The highest BCUT2D eigenvalue weighted by Gasteiger charge is 2.37. The first kappa shape index (κ1) is 38.1. The molecule has 0 aliphatic heterocycles. The lowest BCUT2D eigenvalue weighted by Crippen LogP contribution is -2.16. The van der Waals surface area contributed by atoms with Crippen LogP contribution in [0.3, 0.4) is 0 Å². The highest BCUT2D eigenvalue weighted by Crippen LogP contribution is 2.54. The summed E-state index contributed by atoms with van der Waals surface area (Å²) in [4.78, 5) is 2.44. The van der Waals surface area contributed by atoms with Gasteiger partial charge in [0.2, 0.25) is 0 Å². The molecule has 0 fully saturated rings. The molecule has 0 unspecified atom stereocenters. The van der Waals surface area contributed by atoms with Crippen LogP contribution >= 0.6 is 0 Å². The van der Waals surface area contributed by atoms with Crippen LogP contribution in [0.1, 0.15) is 25.0 Å². The Morgan fingerprint density at radius 3 is 1.53 bits per heavy atom. The van der Waals surface area contributed by atoms with Crippen molar-refractivity contribution >= 4 is 60.8 Å². The van der Waals surface area contributed by atoms with Gasteiger partial charge in [-0.3, -0.25) is 0 Å². The first-order valence-electron chi connectivity index (χ1n) is 22.8. The summed E-state index contributed by atoms with van der Waals surface area (Å²) in [5.74, 6) is 0. The summed E-state index contributed by atoms with van der Waals surface area (Å²) in [6.07, 6.45) is 0. The van der Waals surface area contributed by atoms with Gasteiger partial charge in [0, 0.05) is 60.7 Å².